The van der Waals surface area contributed by atoms with Gasteiger partial charge in [0.25, 0.3) is 0 Å². The maximum Gasteiger partial charge on any atom is 0.375 e. The van der Waals surface area contributed by atoms with Crippen LogP contribution in [0.1, 0.15) is 27.7 Å². The van der Waals surface area contributed by atoms with Crippen LogP contribution < -0.4 is 0 Å². The molecule has 0 spiro atoms. The zero-order valence-electron chi connectivity index (χ0n) is 12.0. The Hall–Kier alpha value is -1.01. The molecule has 20 heavy (non-hydrogen) atoms. The van der Waals surface area contributed by atoms with E-state index in [9.17, 15) is 22.3 Å². The highest BCUT2D eigenvalue weighted by atomic mass is 32.2. The highest BCUT2D eigenvalue weighted by Gasteiger charge is 2.58. The fourth-order valence-corrected chi connectivity index (χ4v) is 3.08. The van der Waals surface area contributed by atoms with Crippen LogP contribution in [0.15, 0.2) is 35.2 Å². The molecule has 3 nitrogen and oxygen atoms in total. The summed E-state index contributed by atoms with van der Waals surface area (Å²) in [5.41, 5.74) is -1.24. The molecule has 0 aliphatic heterocycles. The summed E-state index contributed by atoms with van der Waals surface area (Å²) < 4.78 is 52.7. The van der Waals surface area contributed by atoms with E-state index >= 15 is 0 Å². The van der Waals surface area contributed by atoms with Crippen LogP contribution in [0, 0.1) is 11.3 Å². The summed E-state index contributed by atoms with van der Waals surface area (Å²) in [6.07, 6.45) is -2.29. The number of hydrogen-bond donors (Lipinski definition) is 1. The average molecular weight is 306 g/mol. The monoisotopic (exact) mass is 306 g/mol. The van der Waals surface area contributed by atoms with Crippen molar-refractivity contribution in [2.24, 2.45) is 11.3 Å². The second-order valence-electron chi connectivity index (χ2n) is 5.76. The number of benzene rings is 1. The van der Waals surface area contributed by atoms with Gasteiger partial charge in [0.05, 0.1) is 4.90 Å². The second-order valence-corrected chi connectivity index (χ2v) is 7.78. The molecule has 1 aromatic carbocycles. The van der Waals surface area contributed by atoms with Gasteiger partial charge < -0.3 is 5.11 Å². The van der Waals surface area contributed by atoms with Crippen molar-refractivity contribution in [2.45, 2.75) is 43.9 Å². The quantitative estimate of drug-likeness (QED) is 0.909. The summed E-state index contributed by atoms with van der Waals surface area (Å²) in [4.78, 5) is -0.497. The summed E-state index contributed by atoms with van der Waals surface area (Å²) in [5, 5.41) is 5.70. The van der Waals surface area contributed by atoms with Gasteiger partial charge in [0.15, 0.2) is 0 Å². The molecule has 0 saturated carbocycles. The van der Waals surface area contributed by atoms with Gasteiger partial charge in [-0.1, -0.05) is 45.9 Å². The van der Waals surface area contributed by atoms with Crippen molar-refractivity contribution in [3.05, 3.63) is 30.3 Å². The molecule has 0 fully saturated rings. The van der Waals surface area contributed by atoms with Crippen LogP contribution in [0.4, 0.5) is 8.78 Å². The SMILES string of the molecule is CC(C)C(C)(C)C(O)C(F)(F)S(=O)(=O)c1ccccc1. The Balaban J connectivity index is 3.30. The van der Waals surface area contributed by atoms with Gasteiger partial charge in [-0.3, -0.25) is 0 Å². The Morgan fingerprint density at radius 1 is 1.10 bits per heavy atom. The number of sulfone groups is 1. The fourth-order valence-electron chi connectivity index (χ4n) is 1.65. The zero-order chi connectivity index (χ0) is 15.8. The van der Waals surface area contributed by atoms with Crippen molar-refractivity contribution >= 4 is 9.84 Å². The first kappa shape index (κ1) is 17.0. The summed E-state index contributed by atoms with van der Waals surface area (Å²) in [6, 6.07) is 6.45. The first-order valence-corrected chi connectivity index (χ1v) is 7.79. The minimum atomic E-state index is -4.94. The van der Waals surface area contributed by atoms with Crippen LogP contribution >= 0.6 is 0 Å². The summed E-state index contributed by atoms with van der Waals surface area (Å²) in [7, 11) is -4.94. The van der Waals surface area contributed by atoms with E-state index in [0.717, 1.165) is 12.1 Å². The molecule has 6 heteroatoms. The molecular weight excluding hydrogens is 286 g/mol. The molecule has 0 aliphatic rings. The van der Waals surface area contributed by atoms with Gasteiger partial charge in [0.2, 0.25) is 9.84 Å². The molecule has 0 aromatic heterocycles. The van der Waals surface area contributed by atoms with Crippen molar-refractivity contribution in [3.63, 3.8) is 0 Å². The van der Waals surface area contributed by atoms with Gasteiger partial charge in [-0.15, -0.1) is 0 Å². The lowest BCUT2D eigenvalue weighted by Gasteiger charge is -2.38. The Morgan fingerprint density at radius 2 is 1.55 bits per heavy atom. The first-order chi connectivity index (χ1) is 8.95. The van der Waals surface area contributed by atoms with E-state index in [1.165, 1.54) is 32.0 Å². The Kier molecular flexibility index (Phi) is 4.61. The van der Waals surface area contributed by atoms with Crippen molar-refractivity contribution in [1.29, 1.82) is 0 Å². The molecule has 0 aliphatic carbocycles. The maximum absolute atomic E-state index is 14.3. The number of aliphatic hydroxyl groups is 1. The Bertz CT molecular complexity index is 551. The molecular formula is C14H20F2O3S. The highest BCUT2D eigenvalue weighted by molar-refractivity contribution is 7.92. The van der Waals surface area contributed by atoms with E-state index in [-0.39, 0.29) is 5.92 Å². The third-order valence-electron chi connectivity index (χ3n) is 3.92. The third kappa shape index (κ3) is 2.72. The molecule has 1 rings (SSSR count). The van der Waals surface area contributed by atoms with E-state index in [0.29, 0.717) is 0 Å². The maximum atomic E-state index is 14.3. The van der Waals surface area contributed by atoms with Crippen LogP contribution in [-0.2, 0) is 9.84 Å². The molecule has 0 heterocycles. The average Bonchev–Trinajstić information content (AvgIpc) is 2.38. The lowest BCUT2D eigenvalue weighted by molar-refractivity contribution is -0.113. The van der Waals surface area contributed by atoms with Crippen LogP contribution in [-0.4, -0.2) is 24.9 Å². The summed E-state index contributed by atoms with van der Waals surface area (Å²) in [5.74, 6) is -0.311. The molecule has 1 N–H and O–H groups in total. The van der Waals surface area contributed by atoms with Gasteiger partial charge >= 0.3 is 5.25 Å². The fraction of sp³-hybridized carbons (Fsp3) is 0.571. The lowest BCUT2D eigenvalue weighted by atomic mass is 9.76. The molecule has 114 valence electrons. The summed E-state index contributed by atoms with van der Waals surface area (Å²) in [6.45, 7) is 6.18. The van der Waals surface area contributed by atoms with Gasteiger partial charge in [-0.25, -0.2) is 8.42 Å². The predicted octanol–water partition coefficient (Wildman–Crippen LogP) is 3.10. The van der Waals surface area contributed by atoms with Gasteiger partial charge in [-0.05, 0) is 18.1 Å². The van der Waals surface area contributed by atoms with Crippen LogP contribution in [0.25, 0.3) is 0 Å². The molecule has 0 amide bonds. The summed E-state index contributed by atoms with van der Waals surface area (Å²) >= 11 is 0. The third-order valence-corrected chi connectivity index (χ3v) is 5.76. The number of halogens is 2. The largest absolute Gasteiger partial charge is 0.385 e. The van der Waals surface area contributed by atoms with E-state index < -0.39 is 31.5 Å². The normalized spacial score (nSPS) is 15.4. The van der Waals surface area contributed by atoms with Crippen LogP contribution in [0.5, 0.6) is 0 Å². The van der Waals surface area contributed by atoms with Crippen molar-refractivity contribution in [2.75, 3.05) is 0 Å². The second kappa shape index (κ2) is 5.41. The van der Waals surface area contributed by atoms with Crippen LogP contribution in [0.2, 0.25) is 0 Å². The lowest BCUT2D eigenvalue weighted by Crippen LogP contribution is -2.51. The van der Waals surface area contributed by atoms with Crippen molar-refractivity contribution in [3.8, 4) is 0 Å². The van der Waals surface area contributed by atoms with E-state index in [2.05, 4.69) is 0 Å². The molecule has 0 bridgehead atoms. The highest BCUT2D eigenvalue weighted by Crippen LogP contribution is 2.42. The number of hydrogen-bond acceptors (Lipinski definition) is 3. The molecule has 0 saturated heterocycles. The Labute approximate surface area is 118 Å². The van der Waals surface area contributed by atoms with Crippen LogP contribution in [0.3, 0.4) is 0 Å². The smallest absolute Gasteiger partial charge is 0.375 e. The molecule has 1 atom stereocenters. The zero-order valence-corrected chi connectivity index (χ0v) is 12.8. The minimum absolute atomic E-state index is 0.311. The van der Waals surface area contributed by atoms with Gasteiger partial charge in [0.1, 0.15) is 6.10 Å². The number of aliphatic hydroxyl groups excluding tert-OH is 1. The molecule has 1 unspecified atom stereocenters. The first-order valence-electron chi connectivity index (χ1n) is 6.31. The standard InChI is InChI=1S/C14H20F2O3S/c1-10(2)13(3,4)12(17)14(15,16)20(18,19)11-8-6-5-7-9-11/h5-10,12,17H,1-4H3. The Morgan fingerprint density at radius 3 is 1.95 bits per heavy atom. The van der Waals surface area contributed by atoms with E-state index in [1.807, 2.05) is 0 Å². The molecule has 1 aromatic rings. The van der Waals surface area contributed by atoms with Gasteiger partial charge in [-0.2, -0.15) is 8.78 Å². The topological polar surface area (TPSA) is 54.4 Å². The number of alkyl halides is 2. The number of rotatable bonds is 5. The van der Waals surface area contributed by atoms with Crippen molar-refractivity contribution < 1.29 is 22.3 Å². The van der Waals surface area contributed by atoms with E-state index in [1.54, 1.807) is 13.8 Å². The van der Waals surface area contributed by atoms with E-state index in [4.69, 9.17) is 0 Å². The predicted molar refractivity (Wildman–Crippen MR) is 73.2 cm³/mol. The van der Waals surface area contributed by atoms with Gasteiger partial charge in [0, 0.05) is 5.41 Å². The van der Waals surface area contributed by atoms with Crippen molar-refractivity contribution in [1.82, 2.24) is 0 Å². The minimum Gasteiger partial charge on any atom is -0.385 e. The molecule has 0 radical (unpaired) electrons.